The highest BCUT2D eigenvalue weighted by Gasteiger charge is 2.20. The summed E-state index contributed by atoms with van der Waals surface area (Å²) in [4.78, 5) is 0. The minimum absolute atomic E-state index is 0.905. The van der Waals surface area contributed by atoms with Crippen molar-refractivity contribution in [3.63, 3.8) is 0 Å². The third-order valence-corrected chi connectivity index (χ3v) is 11.7. The Labute approximate surface area is 401 Å². The molecule has 0 fully saturated rings. The third kappa shape index (κ3) is 15.7. The van der Waals surface area contributed by atoms with Gasteiger partial charge in [-0.05, 0) is 22.3 Å². The maximum absolute atomic E-state index is 9.89. The van der Waals surface area contributed by atoms with Gasteiger partial charge in [-0.1, -0.05) is 121 Å². The van der Waals surface area contributed by atoms with Gasteiger partial charge in [-0.25, -0.2) is 0 Å². The van der Waals surface area contributed by atoms with Gasteiger partial charge in [-0.3, -0.25) is 0 Å². The van der Waals surface area contributed by atoms with Crippen molar-refractivity contribution in [3.05, 3.63) is 238 Å². The van der Waals surface area contributed by atoms with Crippen molar-refractivity contribution in [3.8, 4) is 22.3 Å². The van der Waals surface area contributed by atoms with Crippen LogP contribution in [0.1, 0.15) is 67.8 Å². The molecule has 0 aliphatic heterocycles. The fourth-order valence-corrected chi connectivity index (χ4v) is 8.43. The fourth-order valence-electron chi connectivity index (χ4n) is 8.43. The van der Waals surface area contributed by atoms with E-state index < -0.39 is 14.8 Å². The highest BCUT2D eigenvalue weighted by atomic mass is 19.1. The number of hydrogen-bond acceptors (Lipinski definition) is 4. The van der Waals surface area contributed by atoms with E-state index in [9.17, 15) is 8.63 Å². The number of benzene rings is 4. The van der Waals surface area contributed by atoms with Crippen LogP contribution in [0.2, 0.25) is 0 Å². The molecule has 0 spiro atoms. The SMILES string of the molecule is Cc1cc(-c2cc(C)[n+](Cc3ccccc3)c(C)c2)cc(C)[n+]1Cc1ccccc1.Cc1cc(-c2cc(C)[n+](Cc3ccccc3)c(C)c2)cc(C)[n+]1Cc1ccccc1.[O-]B([O-])F.[O-]B([O-])F. The average molecular weight is 913 g/mol. The van der Waals surface area contributed by atoms with Crippen molar-refractivity contribution >= 4 is 14.8 Å². The van der Waals surface area contributed by atoms with Crippen molar-refractivity contribution in [2.24, 2.45) is 0 Å². The maximum Gasteiger partial charge on any atom is 0.179 e. The molecule has 68 heavy (non-hydrogen) atoms. The first-order valence-corrected chi connectivity index (χ1v) is 22.6. The minimum Gasteiger partial charge on any atom is -0.867 e. The summed E-state index contributed by atoms with van der Waals surface area (Å²) in [5, 5.41) is 33.2. The summed E-state index contributed by atoms with van der Waals surface area (Å²) in [6, 6.07) is 61.1. The van der Waals surface area contributed by atoms with Gasteiger partial charge in [0, 0.05) is 126 Å². The summed E-state index contributed by atoms with van der Waals surface area (Å²) in [6.45, 7) is 21.3. The summed E-state index contributed by atoms with van der Waals surface area (Å²) >= 11 is 0. The van der Waals surface area contributed by atoms with E-state index >= 15 is 0 Å². The van der Waals surface area contributed by atoms with Gasteiger partial charge in [0.05, 0.1) is 0 Å². The van der Waals surface area contributed by atoms with Gasteiger partial charge >= 0.3 is 0 Å². The second-order valence-electron chi connectivity index (χ2n) is 16.9. The predicted molar refractivity (Wildman–Crippen MR) is 258 cm³/mol. The molecule has 0 aliphatic rings. The molecule has 12 heteroatoms. The van der Waals surface area contributed by atoms with Crippen LogP contribution < -0.4 is 38.4 Å². The summed E-state index contributed by atoms with van der Waals surface area (Å²) in [5.41, 5.74) is 20.7. The van der Waals surface area contributed by atoms with Gasteiger partial charge < -0.3 is 28.7 Å². The third-order valence-electron chi connectivity index (χ3n) is 11.7. The van der Waals surface area contributed by atoms with Crippen molar-refractivity contribution in [2.75, 3.05) is 0 Å². The van der Waals surface area contributed by atoms with Crippen LogP contribution in [-0.4, -0.2) is 14.8 Å². The topological polar surface area (TPSA) is 108 Å². The molecule has 0 unspecified atom stereocenters. The predicted octanol–water partition coefficient (Wildman–Crippen LogP) is 5.84. The fraction of sp³-hybridized carbons (Fsp3) is 0.214. The van der Waals surface area contributed by atoms with Crippen LogP contribution in [-0.2, 0) is 26.2 Å². The number of pyridine rings is 4. The van der Waals surface area contributed by atoms with Gasteiger partial charge in [0.25, 0.3) is 0 Å². The van der Waals surface area contributed by atoms with Gasteiger partial charge in [0.1, 0.15) is 14.8 Å². The molecule has 4 aromatic heterocycles. The first-order chi connectivity index (χ1) is 32.5. The molecular formula is C56H60B2F2N4O4. The van der Waals surface area contributed by atoms with Crippen molar-refractivity contribution < 1.29 is 47.0 Å². The number of aryl methyl sites for hydroxylation is 8. The maximum atomic E-state index is 9.89. The monoisotopic (exact) mass is 912 g/mol. The second-order valence-corrected chi connectivity index (χ2v) is 16.9. The lowest BCUT2D eigenvalue weighted by Gasteiger charge is -2.10. The first-order valence-electron chi connectivity index (χ1n) is 22.6. The quantitative estimate of drug-likeness (QED) is 0.127. The Hall–Kier alpha value is -6.69. The summed E-state index contributed by atoms with van der Waals surface area (Å²) in [5.74, 6) is 0. The molecule has 0 radical (unpaired) electrons. The molecular weight excluding hydrogens is 852 g/mol. The molecule has 0 N–H and O–H groups in total. The normalized spacial score (nSPS) is 10.4. The van der Waals surface area contributed by atoms with E-state index in [-0.39, 0.29) is 0 Å². The second kappa shape index (κ2) is 25.4. The zero-order valence-electron chi connectivity index (χ0n) is 40.3. The van der Waals surface area contributed by atoms with Gasteiger partial charge in [0.15, 0.2) is 71.7 Å². The molecule has 8 aromatic rings. The molecule has 0 saturated heterocycles. The Bertz CT molecular complexity index is 2370. The highest BCUT2D eigenvalue weighted by Crippen LogP contribution is 2.24. The zero-order chi connectivity index (χ0) is 49.3. The Morgan fingerprint density at radius 3 is 0.559 bits per heavy atom. The largest absolute Gasteiger partial charge is 0.867 e. The van der Waals surface area contributed by atoms with Crippen LogP contribution in [0.15, 0.2) is 170 Å². The molecule has 0 amide bonds. The summed E-state index contributed by atoms with van der Waals surface area (Å²) < 4.78 is 29.3. The average Bonchev–Trinajstić information content (AvgIpc) is 3.29. The smallest absolute Gasteiger partial charge is 0.179 e. The Morgan fingerprint density at radius 1 is 0.294 bits per heavy atom. The van der Waals surface area contributed by atoms with E-state index in [1.54, 1.807) is 0 Å². The molecule has 0 saturated carbocycles. The molecule has 8 nitrogen and oxygen atoms in total. The van der Waals surface area contributed by atoms with Gasteiger partial charge in [-0.15, -0.1) is 0 Å². The van der Waals surface area contributed by atoms with Crippen LogP contribution in [0.3, 0.4) is 0 Å². The van der Waals surface area contributed by atoms with E-state index in [0.29, 0.717) is 0 Å². The van der Waals surface area contributed by atoms with E-state index in [1.165, 1.54) is 90.1 Å². The Morgan fingerprint density at radius 2 is 0.426 bits per heavy atom. The minimum atomic E-state index is -3.17. The van der Waals surface area contributed by atoms with Crippen molar-refractivity contribution in [1.29, 1.82) is 0 Å². The van der Waals surface area contributed by atoms with Crippen LogP contribution in [0.25, 0.3) is 22.3 Å². The molecule has 8 rings (SSSR count). The Kier molecular flexibility index (Phi) is 19.6. The highest BCUT2D eigenvalue weighted by molar-refractivity contribution is 6.27. The molecule has 4 aromatic carbocycles. The van der Waals surface area contributed by atoms with Gasteiger partial charge in [0.2, 0.25) is 0 Å². The van der Waals surface area contributed by atoms with E-state index in [0.717, 1.165) is 26.2 Å². The van der Waals surface area contributed by atoms with E-state index in [2.05, 4.69) is 244 Å². The lowest BCUT2D eigenvalue weighted by molar-refractivity contribution is -0.700. The summed E-state index contributed by atoms with van der Waals surface area (Å²) in [7, 11) is -6.33. The Balaban J connectivity index is 0.000000220. The van der Waals surface area contributed by atoms with E-state index in [4.69, 9.17) is 20.1 Å². The number of rotatable bonds is 10. The number of nitrogens with zero attached hydrogens (tertiary/aromatic N) is 4. The number of halogens is 2. The lowest BCUT2D eigenvalue weighted by Crippen LogP contribution is -2.41. The molecule has 0 aliphatic carbocycles. The number of aromatic nitrogens is 4. The lowest BCUT2D eigenvalue weighted by atomic mass is 10.0. The molecule has 0 bridgehead atoms. The summed E-state index contributed by atoms with van der Waals surface area (Å²) in [6.07, 6.45) is 0. The van der Waals surface area contributed by atoms with Crippen LogP contribution in [0, 0.1) is 55.4 Å². The standard InChI is InChI=1S/2C28H30N2.2BFO2/c2*1-21-15-27(16-22(2)29(21)19-25-11-7-5-8-12-25)28-17-23(3)30(24(4)18-28)20-26-13-9-6-10-14-26;2*2-1(3)4/h2*5-18H,19-20H2,1-4H3;;/q2*+2;2*-2. The molecule has 0 atom stereocenters. The van der Waals surface area contributed by atoms with E-state index in [1.807, 2.05) is 0 Å². The zero-order valence-corrected chi connectivity index (χ0v) is 40.3. The van der Waals surface area contributed by atoms with Crippen LogP contribution >= 0.6 is 0 Å². The molecule has 4 heterocycles. The van der Waals surface area contributed by atoms with Crippen LogP contribution in [0.4, 0.5) is 8.63 Å². The molecule has 348 valence electrons. The van der Waals surface area contributed by atoms with Crippen molar-refractivity contribution in [2.45, 2.75) is 81.6 Å². The van der Waals surface area contributed by atoms with Crippen LogP contribution in [0.5, 0.6) is 0 Å². The van der Waals surface area contributed by atoms with Gasteiger partial charge in [-0.2, -0.15) is 18.3 Å². The van der Waals surface area contributed by atoms with Crippen molar-refractivity contribution in [1.82, 2.24) is 0 Å². The first kappa shape index (κ1) is 52.3. The number of hydrogen-bond donors (Lipinski definition) is 0.